The van der Waals surface area contributed by atoms with Crippen LogP contribution in [0.5, 0.6) is 0 Å². The first-order chi connectivity index (χ1) is 3.39. The first-order valence-electron chi connectivity index (χ1n) is 2.92. The normalized spacial score (nSPS) is 24.1. The van der Waals surface area contributed by atoms with E-state index in [2.05, 4.69) is 16.7 Å². The first-order valence-corrected chi connectivity index (χ1v) is 3.50. The van der Waals surface area contributed by atoms with E-state index in [-0.39, 0.29) is 0 Å². The van der Waals surface area contributed by atoms with Gasteiger partial charge in [0.2, 0.25) is 0 Å². The molecule has 0 saturated heterocycles. The van der Waals surface area contributed by atoms with Crippen LogP contribution in [0.4, 0.5) is 0 Å². The molecule has 1 saturated carbocycles. The van der Waals surface area contributed by atoms with E-state index >= 15 is 0 Å². The van der Waals surface area contributed by atoms with Crippen LogP contribution in [-0.2, 0) is 0 Å². The largest absolute Gasteiger partial charge is 0.0875 e. The van der Waals surface area contributed by atoms with Crippen molar-refractivity contribution in [1.82, 2.24) is 0 Å². The van der Waals surface area contributed by atoms with E-state index in [1.54, 1.807) is 0 Å². The molecule has 0 aromatic carbocycles. The second-order valence-electron chi connectivity index (χ2n) is 2.14. The summed E-state index contributed by atoms with van der Waals surface area (Å²) in [7, 11) is 3.61. The van der Waals surface area contributed by atoms with Gasteiger partial charge in [-0.1, -0.05) is 0 Å². The van der Waals surface area contributed by atoms with Crippen molar-refractivity contribution >= 4 is 10.2 Å². The smallest absolute Gasteiger partial charge is 0.0443 e. The molecular formula is C6H10Si+. The van der Waals surface area contributed by atoms with Crippen molar-refractivity contribution in [2.24, 2.45) is 0 Å². The molecule has 1 fully saturated rings. The lowest BCUT2D eigenvalue weighted by Gasteiger charge is -2.09. The van der Waals surface area contributed by atoms with Crippen LogP contribution in [0.2, 0.25) is 5.54 Å². The fourth-order valence-corrected chi connectivity index (χ4v) is 1.26. The molecule has 0 aromatic heterocycles. The maximum Gasteiger partial charge on any atom is 0.0875 e. The molecule has 0 atom stereocenters. The molecule has 7 heavy (non-hydrogen) atoms. The van der Waals surface area contributed by atoms with Crippen LogP contribution in [0.1, 0.15) is 25.7 Å². The summed E-state index contributed by atoms with van der Waals surface area (Å²) in [5.41, 5.74) is 0.810. The molecule has 0 heterocycles. The van der Waals surface area contributed by atoms with Gasteiger partial charge in [-0.25, -0.2) is 0 Å². The van der Waals surface area contributed by atoms with Crippen LogP contribution in [-0.4, -0.2) is 10.2 Å². The second-order valence-corrected chi connectivity index (χ2v) is 2.96. The maximum absolute atomic E-state index is 3.61. The molecule has 37 valence electrons. The summed E-state index contributed by atoms with van der Waals surface area (Å²) in [6.07, 6.45) is 7.69. The molecule has 1 rings (SSSR count). The van der Waals surface area contributed by atoms with Crippen molar-refractivity contribution < 1.29 is 0 Å². The Morgan fingerprint density at radius 1 is 1.29 bits per heavy atom. The van der Waals surface area contributed by atoms with Gasteiger partial charge in [0.25, 0.3) is 0 Å². The van der Waals surface area contributed by atoms with Gasteiger partial charge in [-0.15, -0.1) is 0 Å². The van der Waals surface area contributed by atoms with Gasteiger partial charge in [0.15, 0.2) is 0 Å². The Bertz CT molecular complexity index is 46.1. The van der Waals surface area contributed by atoms with Crippen molar-refractivity contribution in [2.75, 3.05) is 0 Å². The van der Waals surface area contributed by atoms with Gasteiger partial charge < -0.3 is 0 Å². The third-order valence-electron chi connectivity index (χ3n) is 1.44. The van der Waals surface area contributed by atoms with Crippen molar-refractivity contribution in [3.63, 3.8) is 0 Å². The molecule has 1 aliphatic carbocycles. The van der Waals surface area contributed by atoms with Crippen molar-refractivity contribution in [1.29, 1.82) is 0 Å². The molecule has 0 nitrogen and oxygen atoms in total. The molecule has 0 unspecified atom stereocenters. The summed E-state index contributed by atoms with van der Waals surface area (Å²) in [6, 6.07) is 0. The minimum atomic E-state index is 0.810. The van der Waals surface area contributed by atoms with Gasteiger partial charge in [-0.2, -0.15) is 0 Å². The zero-order valence-electron chi connectivity index (χ0n) is 4.48. The predicted octanol–water partition coefficient (Wildman–Crippen LogP) is 1.72. The van der Waals surface area contributed by atoms with Crippen molar-refractivity contribution in [3.8, 4) is 0 Å². The Balaban J connectivity index is 2.12. The highest BCUT2D eigenvalue weighted by Crippen LogP contribution is 2.24. The van der Waals surface area contributed by atoms with Crippen LogP contribution in [0, 0.1) is 6.42 Å². The third-order valence-corrected chi connectivity index (χ3v) is 2.02. The Morgan fingerprint density at radius 2 is 1.86 bits per heavy atom. The van der Waals surface area contributed by atoms with Gasteiger partial charge in [0.05, 0.1) is 19.3 Å². The predicted molar refractivity (Wildman–Crippen MR) is 32.3 cm³/mol. The molecule has 1 heteroatoms. The second kappa shape index (κ2) is 2.41. The molecule has 0 aromatic rings. The lowest BCUT2D eigenvalue weighted by molar-refractivity contribution is 0.592. The minimum absolute atomic E-state index is 0.810. The van der Waals surface area contributed by atoms with Gasteiger partial charge in [-0.05, 0) is 18.4 Å². The SMILES string of the molecule is [Si]C1CC[CH+]CC1. The van der Waals surface area contributed by atoms with Crippen LogP contribution in [0.3, 0.4) is 0 Å². The van der Waals surface area contributed by atoms with Crippen molar-refractivity contribution in [2.45, 2.75) is 31.2 Å². The Kier molecular flexibility index (Phi) is 1.80. The summed E-state index contributed by atoms with van der Waals surface area (Å²) < 4.78 is 0. The number of hydrogen-bond donors (Lipinski definition) is 0. The topological polar surface area (TPSA) is 0 Å². The van der Waals surface area contributed by atoms with Gasteiger partial charge in [-0.3, -0.25) is 0 Å². The van der Waals surface area contributed by atoms with Crippen LogP contribution < -0.4 is 0 Å². The van der Waals surface area contributed by atoms with Gasteiger partial charge in [0.1, 0.15) is 0 Å². The first kappa shape index (κ1) is 5.23. The summed E-state index contributed by atoms with van der Waals surface area (Å²) in [5, 5.41) is 0. The average Bonchev–Trinajstić information content (AvgIpc) is 1.69. The standard InChI is InChI=1S/C6H10Si/c7-6-4-2-1-3-5-6/h1,6H,2-5H2/q+1. The van der Waals surface area contributed by atoms with E-state index in [1.165, 1.54) is 25.7 Å². The molecule has 0 spiro atoms. The van der Waals surface area contributed by atoms with Gasteiger partial charge >= 0.3 is 0 Å². The fourth-order valence-electron chi connectivity index (χ4n) is 0.927. The van der Waals surface area contributed by atoms with Crippen molar-refractivity contribution in [3.05, 3.63) is 6.42 Å². The summed E-state index contributed by atoms with van der Waals surface area (Å²) in [6.45, 7) is 0. The molecule has 0 bridgehead atoms. The van der Waals surface area contributed by atoms with E-state index < -0.39 is 0 Å². The monoisotopic (exact) mass is 110 g/mol. The maximum atomic E-state index is 3.61. The van der Waals surface area contributed by atoms with E-state index in [0.717, 1.165) is 5.54 Å². The molecule has 3 radical (unpaired) electrons. The zero-order valence-corrected chi connectivity index (χ0v) is 5.48. The zero-order chi connectivity index (χ0) is 5.11. The van der Waals surface area contributed by atoms with Crippen LogP contribution in [0.25, 0.3) is 0 Å². The van der Waals surface area contributed by atoms with Crippen LogP contribution in [0.15, 0.2) is 0 Å². The highest BCUT2D eigenvalue weighted by Gasteiger charge is 2.12. The molecular weight excluding hydrogens is 100 g/mol. The Labute approximate surface area is 48.7 Å². The molecule has 0 amide bonds. The highest BCUT2D eigenvalue weighted by atomic mass is 28.1. The van der Waals surface area contributed by atoms with E-state index in [1.807, 2.05) is 0 Å². The van der Waals surface area contributed by atoms with E-state index in [0.29, 0.717) is 0 Å². The Morgan fingerprint density at radius 3 is 2.14 bits per heavy atom. The van der Waals surface area contributed by atoms with Gasteiger partial charge in [0, 0.05) is 10.2 Å². The molecule has 0 aliphatic heterocycles. The summed E-state index contributed by atoms with van der Waals surface area (Å²) >= 11 is 0. The third kappa shape index (κ3) is 1.55. The van der Waals surface area contributed by atoms with Crippen LogP contribution >= 0.6 is 0 Å². The summed E-state index contributed by atoms with van der Waals surface area (Å²) in [4.78, 5) is 0. The summed E-state index contributed by atoms with van der Waals surface area (Å²) in [5.74, 6) is 0. The Hall–Kier alpha value is 0.0869. The van der Waals surface area contributed by atoms with E-state index in [9.17, 15) is 0 Å². The average molecular weight is 110 g/mol. The highest BCUT2D eigenvalue weighted by molar-refractivity contribution is 6.11. The fraction of sp³-hybridized carbons (Fsp3) is 0.833. The minimum Gasteiger partial charge on any atom is -0.0443 e. The lowest BCUT2D eigenvalue weighted by atomic mass is 10.0. The number of rotatable bonds is 0. The molecule has 1 aliphatic rings. The number of hydrogen-bond acceptors (Lipinski definition) is 0. The molecule has 0 N–H and O–H groups in total. The lowest BCUT2D eigenvalue weighted by Crippen LogP contribution is -1.98. The van der Waals surface area contributed by atoms with E-state index in [4.69, 9.17) is 0 Å². The quantitative estimate of drug-likeness (QED) is 0.329.